The summed E-state index contributed by atoms with van der Waals surface area (Å²) in [6.07, 6.45) is 0.900. The molecule has 0 unspecified atom stereocenters. The van der Waals surface area contributed by atoms with Crippen LogP contribution in [0.25, 0.3) is 10.8 Å². The SMILES string of the molecule is O=Cc1cc(I)c2c(I)ccc(I)c2c1. The molecule has 2 rings (SSSR count). The average molecular weight is 534 g/mol. The van der Waals surface area contributed by atoms with Crippen LogP contribution in [0.3, 0.4) is 0 Å². The predicted octanol–water partition coefficient (Wildman–Crippen LogP) is 4.47. The minimum Gasteiger partial charge on any atom is -0.298 e. The van der Waals surface area contributed by atoms with E-state index in [1.54, 1.807) is 0 Å². The molecule has 0 saturated heterocycles. The Kier molecular flexibility index (Phi) is 3.87. The molecule has 0 aliphatic carbocycles. The highest BCUT2D eigenvalue weighted by Crippen LogP contribution is 2.30. The summed E-state index contributed by atoms with van der Waals surface area (Å²) in [6, 6.07) is 8.06. The molecule has 0 aromatic heterocycles. The summed E-state index contributed by atoms with van der Waals surface area (Å²) >= 11 is 6.91. The van der Waals surface area contributed by atoms with Crippen LogP contribution in [0.15, 0.2) is 24.3 Å². The lowest BCUT2D eigenvalue weighted by Crippen LogP contribution is -1.89. The van der Waals surface area contributed by atoms with Gasteiger partial charge in [0.05, 0.1) is 0 Å². The molecule has 0 radical (unpaired) electrons. The van der Waals surface area contributed by atoms with Crippen LogP contribution < -0.4 is 0 Å². The van der Waals surface area contributed by atoms with Gasteiger partial charge in [-0.15, -0.1) is 0 Å². The van der Waals surface area contributed by atoms with E-state index in [-0.39, 0.29) is 0 Å². The molecule has 0 aliphatic heterocycles. The first-order chi connectivity index (χ1) is 7.13. The van der Waals surface area contributed by atoms with Gasteiger partial charge < -0.3 is 0 Å². The number of hydrogen-bond acceptors (Lipinski definition) is 1. The Morgan fingerprint density at radius 3 is 2.27 bits per heavy atom. The van der Waals surface area contributed by atoms with Gasteiger partial charge in [-0.2, -0.15) is 0 Å². The number of benzene rings is 2. The van der Waals surface area contributed by atoms with E-state index in [9.17, 15) is 4.79 Å². The summed E-state index contributed by atoms with van der Waals surface area (Å²) in [5.41, 5.74) is 0.742. The van der Waals surface area contributed by atoms with Crippen molar-refractivity contribution in [3.8, 4) is 0 Å². The maximum absolute atomic E-state index is 10.8. The van der Waals surface area contributed by atoms with Gasteiger partial charge in [-0.1, -0.05) is 0 Å². The third-order valence-corrected chi connectivity index (χ3v) is 4.81. The van der Waals surface area contributed by atoms with E-state index in [1.165, 1.54) is 12.5 Å². The summed E-state index contributed by atoms with van der Waals surface area (Å²) in [6.45, 7) is 0. The van der Waals surface area contributed by atoms with Gasteiger partial charge in [-0.25, -0.2) is 0 Å². The van der Waals surface area contributed by atoms with Crippen molar-refractivity contribution in [3.63, 3.8) is 0 Å². The van der Waals surface area contributed by atoms with Crippen LogP contribution in [0.1, 0.15) is 10.4 Å². The topological polar surface area (TPSA) is 17.1 Å². The lowest BCUT2D eigenvalue weighted by Gasteiger charge is -2.06. The van der Waals surface area contributed by atoms with Crippen LogP contribution in [0.2, 0.25) is 0 Å². The van der Waals surface area contributed by atoms with Crippen molar-refractivity contribution >= 4 is 84.8 Å². The van der Waals surface area contributed by atoms with Crippen LogP contribution in [0, 0.1) is 10.7 Å². The maximum atomic E-state index is 10.8. The van der Waals surface area contributed by atoms with Crippen molar-refractivity contribution < 1.29 is 4.79 Å². The number of halogens is 3. The van der Waals surface area contributed by atoms with Gasteiger partial charge in [0.25, 0.3) is 0 Å². The smallest absolute Gasteiger partial charge is 0.150 e. The summed E-state index contributed by atoms with van der Waals surface area (Å²) < 4.78 is 3.55. The highest BCUT2D eigenvalue weighted by Gasteiger charge is 2.07. The molecule has 0 fully saturated rings. The van der Waals surface area contributed by atoms with Crippen LogP contribution in [0.5, 0.6) is 0 Å². The first kappa shape index (κ1) is 12.0. The Labute approximate surface area is 128 Å². The standard InChI is InChI=1S/C11H5I3O/c12-8-1-2-9(13)11-7(8)3-6(5-15)4-10(11)14/h1-5H. The predicted molar refractivity (Wildman–Crippen MR) is 87.5 cm³/mol. The van der Waals surface area contributed by atoms with Crippen molar-refractivity contribution in [2.45, 2.75) is 0 Å². The van der Waals surface area contributed by atoms with Gasteiger partial charge in [-0.05, 0) is 97.4 Å². The lowest BCUT2D eigenvalue weighted by atomic mass is 10.1. The highest BCUT2D eigenvalue weighted by atomic mass is 127. The Hall–Kier alpha value is 0.560. The molecule has 0 N–H and O–H groups in total. The molecule has 15 heavy (non-hydrogen) atoms. The van der Waals surface area contributed by atoms with Crippen molar-refractivity contribution in [1.82, 2.24) is 0 Å². The second kappa shape index (κ2) is 4.82. The largest absolute Gasteiger partial charge is 0.298 e. The summed E-state index contributed by atoms with van der Waals surface area (Å²) in [7, 11) is 0. The molecule has 0 spiro atoms. The van der Waals surface area contributed by atoms with Gasteiger partial charge in [0.2, 0.25) is 0 Å². The van der Waals surface area contributed by atoms with E-state index >= 15 is 0 Å². The van der Waals surface area contributed by atoms with E-state index in [4.69, 9.17) is 0 Å². The van der Waals surface area contributed by atoms with Crippen LogP contribution in [-0.4, -0.2) is 6.29 Å². The third kappa shape index (κ3) is 2.31. The molecule has 1 nitrogen and oxygen atoms in total. The lowest BCUT2D eigenvalue weighted by molar-refractivity contribution is 0.112. The van der Waals surface area contributed by atoms with Gasteiger partial charge in [0.15, 0.2) is 0 Å². The van der Waals surface area contributed by atoms with Crippen molar-refractivity contribution in [2.75, 3.05) is 0 Å². The molecule has 4 heteroatoms. The fraction of sp³-hybridized carbons (Fsp3) is 0. The minimum absolute atomic E-state index is 0.742. The first-order valence-electron chi connectivity index (χ1n) is 4.16. The van der Waals surface area contributed by atoms with Crippen LogP contribution in [-0.2, 0) is 0 Å². The fourth-order valence-electron chi connectivity index (χ4n) is 1.45. The summed E-state index contributed by atoms with van der Waals surface area (Å²) in [5, 5.41) is 2.41. The molecule has 0 heterocycles. The molecule has 76 valence electrons. The Balaban J connectivity index is 2.96. The quantitative estimate of drug-likeness (QED) is 0.391. The molecule has 0 aliphatic rings. The summed E-state index contributed by atoms with van der Waals surface area (Å²) in [5.74, 6) is 0. The third-order valence-electron chi connectivity index (χ3n) is 2.12. The van der Waals surface area contributed by atoms with Crippen LogP contribution in [0.4, 0.5) is 0 Å². The Bertz CT molecular complexity index is 549. The monoisotopic (exact) mass is 534 g/mol. The molecule has 0 atom stereocenters. The van der Waals surface area contributed by atoms with Crippen molar-refractivity contribution in [3.05, 3.63) is 40.5 Å². The number of carbonyl (C=O) groups is 1. The fourth-order valence-corrected chi connectivity index (χ4v) is 4.27. The Morgan fingerprint density at radius 1 is 0.933 bits per heavy atom. The number of fused-ring (bicyclic) bond motifs is 1. The molecule has 0 amide bonds. The van der Waals surface area contributed by atoms with E-state index in [2.05, 4.69) is 79.9 Å². The maximum Gasteiger partial charge on any atom is 0.150 e. The minimum atomic E-state index is 0.742. The van der Waals surface area contributed by atoms with E-state index in [1.807, 2.05) is 12.1 Å². The Morgan fingerprint density at radius 2 is 1.60 bits per heavy atom. The normalized spacial score (nSPS) is 10.6. The molecular weight excluding hydrogens is 529 g/mol. The van der Waals surface area contributed by atoms with Gasteiger partial charge in [-0.3, -0.25) is 4.79 Å². The number of aldehydes is 1. The van der Waals surface area contributed by atoms with Gasteiger partial charge in [0.1, 0.15) is 6.29 Å². The molecule has 2 aromatic carbocycles. The van der Waals surface area contributed by atoms with E-state index in [0.717, 1.165) is 20.8 Å². The zero-order valence-electron chi connectivity index (χ0n) is 7.43. The molecule has 0 bridgehead atoms. The molecule has 0 saturated carbocycles. The van der Waals surface area contributed by atoms with Gasteiger partial charge in [0, 0.05) is 21.7 Å². The first-order valence-corrected chi connectivity index (χ1v) is 7.39. The zero-order valence-corrected chi connectivity index (χ0v) is 13.9. The second-order valence-electron chi connectivity index (χ2n) is 3.07. The van der Waals surface area contributed by atoms with Crippen LogP contribution >= 0.6 is 67.8 Å². The molecule has 2 aromatic rings. The summed E-state index contributed by atoms with van der Waals surface area (Å²) in [4.78, 5) is 10.8. The van der Waals surface area contributed by atoms with E-state index < -0.39 is 0 Å². The highest BCUT2D eigenvalue weighted by molar-refractivity contribution is 14.1. The molecular formula is C11H5I3O. The average Bonchev–Trinajstić information content (AvgIpc) is 2.23. The van der Waals surface area contributed by atoms with Gasteiger partial charge >= 0.3 is 0 Å². The number of rotatable bonds is 1. The second-order valence-corrected chi connectivity index (χ2v) is 6.56. The zero-order chi connectivity index (χ0) is 11.0. The van der Waals surface area contributed by atoms with Crippen molar-refractivity contribution in [2.24, 2.45) is 0 Å². The van der Waals surface area contributed by atoms with Crippen molar-refractivity contribution in [1.29, 1.82) is 0 Å². The number of hydrogen-bond donors (Lipinski definition) is 0. The van der Waals surface area contributed by atoms with E-state index in [0.29, 0.717) is 0 Å². The number of carbonyl (C=O) groups excluding carboxylic acids is 1.